The van der Waals surface area contributed by atoms with Crippen LogP contribution in [-0.4, -0.2) is 24.4 Å². The Bertz CT molecular complexity index is 407. The van der Waals surface area contributed by atoms with Crippen molar-refractivity contribution >= 4 is 33.2 Å². The van der Waals surface area contributed by atoms with Gasteiger partial charge in [0, 0.05) is 22.8 Å². The number of nitrogens with one attached hydrogen (secondary N) is 1. The number of hydrogen-bond donors (Lipinski definition) is 1. The number of rotatable bonds is 4. The number of halogens is 1. The molecule has 1 N–H and O–H groups in total. The Morgan fingerprint density at radius 1 is 1.56 bits per heavy atom. The van der Waals surface area contributed by atoms with Crippen LogP contribution in [0.2, 0.25) is 0 Å². The summed E-state index contributed by atoms with van der Waals surface area (Å²) in [4.78, 5) is 13.2. The fourth-order valence-corrected chi connectivity index (χ4v) is 3.79. The highest BCUT2D eigenvalue weighted by Crippen LogP contribution is 2.29. The van der Waals surface area contributed by atoms with Crippen molar-refractivity contribution < 1.29 is 9.53 Å². The minimum absolute atomic E-state index is 0.00794. The van der Waals surface area contributed by atoms with Crippen LogP contribution in [0.1, 0.15) is 35.4 Å². The predicted molar refractivity (Wildman–Crippen MR) is 77.9 cm³/mol. The molecular formula is C13H18BrNO2S. The molecular weight excluding hydrogens is 314 g/mol. The Kier molecular flexibility index (Phi) is 5.06. The van der Waals surface area contributed by atoms with Gasteiger partial charge in [-0.25, -0.2) is 0 Å². The molecule has 0 spiro atoms. The highest BCUT2D eigenvalue weighted by Gasteiger charge is 2.23. The molecule has 100 valence electrons. The molecule has 1 aromatic rings. The largest absolute Gasteiger partial charge is 0.496 e. The standard InChI is InChI=1S/C13H18BrNO2S/c1-17-10-6-12(18-8-10)13(16)15-7-9-4-2-3-5-11(9)14/h6,8-9,11H,2-5,7H2,1H3,(H,15,16). The maximum absolute atomic E-state index is 12.0. The SMILES string of the molecule is COc1csc(C(=O)NCC2CCCCC2Br)c1. The molecule has 1 amide bonds. The molecule has 2 unspecified atom stereocenters. The van der Waals surface area contributed by atoms with Crippen molar-refractivity contribution in [1.29, 1.82) is 0 Å². The van der Waals surface area contributed by atoms with E-state index in [2.05, 4.69) is 21.2 Å². The van der Waals surface area contributed by atoms with E-state index < -0.39 is 0 Å². The van der Waals surface area contributed by atoms with Crippen LogP contribution in [0.25, 0.3) is 0 Å². The summed E-state index contributed by atoms with van der Waals surface area (Å²) in [5.74, 6) is 1.32. The smallest absolute Gasteiger partial charge is 0.261 e. The Hall–Kier alpha value is -0.550. The van der Waals surface area contributed by atoms with Gasteiger partial charge >= 0.3 is 0 Å². The van der Waals surface area contributed by atoms with Crippen molar-refractivity contribution in [2.24, 2.45) is 5.92 Å². The Labute approximate surface area is 120 Å². The maximum atomic E-state index is 12.0. The first-order valence-corrected chi connectivity index (χ1v) is 8.05. The van der Waals surface area contributed by atoms with Gasteiger partial charge in [-0.2, -0.15) is 0 Å². The molecule has 2 rings (SSSR count). The topological polar surface area (TPSA) is 38.3 Å². The highest BCUT2D eigenvalue weighted by molar-refractivity contribution is 9.09. The van der Waals surface area contributed by atoms with Crippen molar-refractivity contribution in [2.75, 3.05) is 13.7 Å². The zero-order valence-electron chi connectivity index (χ0n) is 10.4. The van der Waals surface area contributed by atoms with Gasteiger partial charge in [0.05, 0.1) is 12.0 Å². The minimum atomic E-state index is 0.00794. The fourth-order valence-electron chi connectivity index (χ4n) is 2.25. The first kappa shape index (κ1) is 13.9. The Balaban J connectivity index is 1.84. The number of methoxy groups -OCH3 is 1. The van der Waals surface area contributed by atoms with Crippen molar-refractivity contribution in [3.05, 3.63) is 16.3 Å². The van der Waals surface area contributed by atoms with E-state index in [4.69, 9.17) is 4.74 Å². The molecule has 3 nitrogen and oxygen atoms in total. The van der Waals surface area contributed by atoms with Gasteiger partial charge in [-0.3, -0.25) is 4.79 Å². The normalized spacial score (nSPS) is 23.7. The molecule has 1 fully saturated rings. The second-order valence-corrected chi connectivity index (χ2v) is 6.71. The number of amides is 1. The number of hydrogen-bond acceptors (Lipinski definition) is 3. The quantitative estimate of drug-likeness (QED) is 0.858. The van der Waals surface area contributed by atoms with Gasteiger partial charge in [-0.15, -0.1) is 11.3 Å². The van der Waals surface area contributed by atoms with Crippen LogP contribution in [0, 0.1) is 5.92 Å². The van der Waals surface area contributed by atoms with E-state index in [0.717, 1.165) is 12.3 Å². The van der Waals surface area contributed by atoms with E-state index >= 15 is 0 Å². The molecule has 1 aliphatic carbocycles. The molecule has 1 saturated carbocycles. The third-order valence-corrected chi connectivity index (χ3v) is 5.49. The first-order chi connectivity index (χ1) is 8.70. The van der Waals surface area contributed by atoms with Crippen LogP contribution >= 0.6 is 27.3 Å². The molecule has 0 aromatic carbocycles. The van der Waals surface area contributed by atoms with Crippen LogP contribution in [0.3, 0.4) is 0 Å². The van der Waals surface area contributed by atoms with E-state index in [1.165, 1.54) is 37.0 Å². The van der Waals surface area contributed by atoms with Gasteiger partial charge in [-0.1, -0.05) is 28.8 Å². The molecule has 5 heteroatoms. The Morgan fingerprint density at radius 2 is 2.33 bits per heavy atom. The van der Waals surface area contributed by atoms with E-state index in [9.17, 15) is 4.79 Å². The van der Waals surface area contributed by atoms with Crippen LogP contribution in [0.4, 0.5) is 0 Å². The molecule has 0 aliphatic heterocycles. The number of alkyl halides is 1. The summed E-state index contributed by atoms with van der Waals surface area (Å²) in [5.41, 5.74) is 0. The predicted octanol–water partition coefficient (Wildman–Crippen LogP) is 3.44. The zero-order valence-corrected chi connectivity index (χ0v) is 12.9. The summed E-state index contributed by atoms with van der Waals surface area (Å²) in [6.45, 7) is 0.759. The summed E-state index contributed by atoms with van der Waals surface area (Å²) in [5, 5.41) is 4.87. The highest BCUT2D eigenvalue weighted by atomic mass is 79.9. The third-order valence-electron chi connectivity index (χ3n) is 3.38. The van der Waals surface area contributed by atoms with Gasteiger partial charge in [0.2, 0.25) is 0 Å². The number of carbonyl (C=O) groups is 1. The molecule has 0 bridgehead atoms. The average molecular weight is 332 g/mol. The summed E-state index contributed by atoms with van der Waals surface area (Å²) >= 11 is 5.13. The van der Waals surface area contributed by atoms with Gasteiger partial charge in [0.15, 0.2) is 0 Å². The third kappa shape index (κ3) is 3.48. The van der Waals surface area contributed by atoms with Crippen molar-refractivity contribution in [1.82, 2.24) is 5.32 Å². The lowest BCUT2D eigenvalue weighted by atomic mass is 9.89. The second kappa shape index (κ2) is 6.57. The van der Waals surface area contributed by atoms with Crippen LogP contribution < -0.4 is 10.1 Å². The maximum Gasteiger partial charge on any atom is 0.261 e. The van der Waals surface area contributed by atoms with Crippen LogP contribution in [0.5, 0.6) is 5.75 Å². The Morgan fingerprint density at radius 3 is 3.00 bits per heavy atom. The molecule has 0 radical (unpaired) electrons. The van der Waals surface area contributed by atoms with Gasteiger partial charge in [0.1, 0.15) is 5.75 Å². The molecule has 1 aliphatic rings. The summed E-state index contributed by atoms with van der Waals surface area (Å²) in [6.07, 6.45) is 4.98. The minimum Gasteiger partial charge on any atom is -0.496 e. The molecule has 1 heterocycles. The van der Waals surface area contributed by atoms with Crippen molar-refractivity contribution in [2.45, 2.75) is 30.5 Å². The van der Waals surface area contributed by atoms with E-state index in [1.54, 1.807) is 13.2 Å². The summed E-state index contributed by atoms with van der Waals surface area (Å²) < 4.78 is 5.08. The number of ether oxygens (including phenoxy) is 1. The molecule has 2 atom stereocenters. The van der Waals surface area contributed by atoms with E-state index in [0.29, 0.717) is 15.6 Å². The van der Waals surface area contributed by atoms with Gasteiger partial charge < -0.3 is 10.1 Å². The summed E-state index contributed by atoms with van der Waals surface area (Å²) in [7, 11) is 1.61. The van der Waals surface area contributed by atoms with Gasteiger partial charge in [0.25, 0.3) is 5.91 Å². The lowest BCUT2D eigenvalue weighted by Crippen LogP contribution is -2.34. The van der Waals surface area contributed by atoms with Crippen LogP contribution in [-0.2, 0) is 0 Å². The summed E-state index contributed by atoms with van der Waals surface area (Å²) in [6, 6.07) is 1.78. The zero-order chi connectivity index (χ0) is 13.0. The van der Waals surface area contributed by atoms with Crippen molar-refractivity contribution in [3.63, 3.8) is 0 Å². The lowest BCUT2D eigenvalue weighted by molar-refractivity contribution is 0.0948. The van der Waals surface area contributed by atoms with Crippen LogP contribution in [0.15, 0.2) is 11.4 Å². The molecule has 18 heavy (non-hydrogen) atoms. The number of carbonyl (C=O) groups excluding carboxylic acids is 1. The molecule has 0 saturated heterocycles. The number of thiophene rings is 1. The second-order valence-electron chi connectivity index (χ2n) is 4.62. The molecule has 1 aromatic heterocycles. The lowest BCUT2D eigenvalue weighted by Gasteiger charge is -2.27. The fraction of sp³-hybridized carbons (Fsp3) is 0.615. The monoisotopic (exact) mass is 331 g/mol. The average Bonchev–Trinajstić information content (AvgIpc) is 2.86. The van der Waals surface area contributed by atoms with Gasteiger partial charge in [-0.05, 0) is 18.8 Å². The van der Waals surface area contributed by atoms with E-state index in [-0.39, 0.29) is 5.91 Å². The van der Waals surface area contributed by atoms with Crippen molar-refractivity contribution in [3.8, 4) is 5.75 Å². The van der Waals surface area contributed by atoms with E-state index in [1.807, 2.05) is 5.38 Å². The first-order valence-electron chi connectivity index (χ1n) is 6.25.